The molecule has 20 heavy (non-hydrogen) atoms. The summed E-state index contributed by atoms with van der Waals surface area (Å²) < 4.78 is 0. The molecule has 1 aromatic rings. The number of nitrogens with one attached hydrogen (secondary N) is 1. The molecule has 1 aliphatic carbocycles. The van der Waals surface area contributed by atoms with Gasteiger partial charge in [0.2, 0.25) is 0 Å². The number of carbonyl (C=O) groups is 2. The molecule has 2 rings (SSSR count). The Hall–Kier alpha value is -2.17. The van der Waals surface area contributed by atoms with Gasteiger partial charge in [0.15, 0.2) is 0 Å². The van der Waals surface area contributed by atoms with E-state index in [4.69, 9.17) is 5.11 Å². The molecule has 0 saturated heterocycles. The topological polar surface area (TPSA) is 79.3 Å². The zero-order chi connectivity index (χ0) is 14.5. The first-order valence-electron chi connectivity index (χ1n) is 6.72. The maximum atomic E-state index is 12.0. The van der Waals surface area contributed by atoms with Crippen molar-refractivity contribution in [2.45, 2.75) is 26.2 Å². The molecule has 1 atom stereocenters. The van der Waals surface area contributed by atoms with Gasteiger partial charge in [-0.05, 0) is 44.2 Å². The molecule has 2 N–H and O–H groups in total. The van der Waals surface area contributed by atoms with E-state index in [1.54, 1.807) is 6.92 Å². The highest BCUT2D eigenvalue weighted by atomic mass is 16.4. The molecule has 106 valence electrons. The molecule has 1 amide bonds. The number of nitrogens with zero attached hydrogens (tertiary/aromatic N) is 1. The number of pyridine rings is 1. The third kappa shape index (κ3) is 3.44. The van der Waals surface area contributed by atoms with E-state index in [1.165, 1.54) is 12.1 Å². The lowest BCUT2D eigenvalue weighted by Gasteiger charge is -2.18. The molecule has 5 heteroatoms. The highest BCUT2D eigenvalue weighted by Crippen LogP contribution is 2.17. The van der Waals surface area contributed by atoms with E-state index in [2.05, 4.69) is 22.5 Å². The molecule has 0 radical (unpaired) electrons. The zero-order valence-electron chi connectivity index (χ0n) is 11.4. The maximum absolute atomic E-state index is 12.0. The van der Waals surface area contributed by atoms with Gasteiger partial charge in [-0.3, -0.25) is 4.79 Å². The molecule has 0 bridgehead atoms. The number of hydrogen-bond donors (Lipinski definition) is 2. The Morgan fingerprint density at radius 3 is 2.80 bits per heavy atom. The predicted octanol–water partition coefficient (Wildman–Crippen LogP) is 2.17. The van der Waals surface area contributed by atoms with Crippen LogP contribution in [0.2, 0.25) is 0 Å². The van der Waals surface area contributed by atoms with Crippen molar-refractivity contribution in [1.29, 1.82) is 0 Å². The van der Waals surface area contributed by atoms with Crippen molar-refractivity contribution in [2.75, 3.05) is 6.54 Å². The molecule has 1 aromatic heterocycles. The lowest BCUT2D eigenvalue weighted by atomic mass is 9.94. The summed E-state index contributed by atoms with van der Waals surface area (Å²) in [5, 5.41) is 11.8. The summed E-state index contributed by atoms with van der Waals surface area (Å²) >= 11 is 0. The Morgan fingerprint density at radius 2 is 2.20 bits per heavy atom. The normalized spacial score (nSPS) is 17.8. The molecule has 5 nitrogen and oxygen atoms in total. The summed E-state index contributed by atoms with van der Waals surface area (Å²) in [6.07, 6.45) is 7.44. The highest BCUT2D eigenvalue weighted by Gasteiger charge is 2.15. The van der Waals surface area contributed by atoms with Gasteiger partial charge in [-0.2, -0.15) is 0 Å². The van der Waals surface area contributed by atoms with E-state index in [0.717, 1.165) is 19.3 Å². The fraction of sp³-hybridized carbons (Fsp3) is 0.400. The van der Waals surface area contributed by atoms with Crippen molar-refractivity contribution in [3.63, 3.8) is 0 Å². The molecular weight excluding hydrogens is 256 g/mol. The third-order valence-electron chi connectivity index (χ3n) is 3.48. The summed E-state index contributed by atoms with van der Waals surface area (Å²) in [5.41, 5.74) is 0.739. The fourth-order valence-corrected chi connectivity index (χ4v) is 2.28. The van der Waals surface area contributed by atoms with Gasteiger partial charge in [-0.1, -0.05) is 12.2 Å². The summed E-state index contributed by atoms with van der Waals surface area (Å²) in [5.74, 6) is -0.807. The second-order valence-electron chi connectivity index (χ2n) is 5.00. The van der Waals surface area contributed by atoms with Gasteiger partial charge in [0.05, 0.1) is 11.3 Å². The smallest absolute Gasteiger partial charge is 0.337 e. The van der Waals surface area contributed by atoms with E-state index >= 15 is 0 Å². The van der Waals surface area contributed by atoms with E-state index in [-0.39, 0.29) is 17.2 Å². The molecule has 0 saturated carbocycles. The van der Waals surface area contributed by atoms with Crippen molar-refractivity contribution >= 4 is 11.9 Å². The van der Waals surface area contributed by atoms with Crippen molar-refractivity contribution in [3.8, 4) is 0 Å². The zero-order valence-corrected chi connectivity index (χ0v) is 11.4. The number of aromatic carboxylic acids is 1. The first-order chi connectivity index (χ1) is 9.58. The average molecular weight is 274 g/mol. The highest BCUT2D eigenvalue weighted by molar-refractivity contribution is 5.94. The van der Waals surface area contributed by atoms with Crippen molar-refractivity contribution < 1.29 is 14.7 Å². The third-order valence-corrected chi connectivity index (χ3v) is 3.48. The molecule has 0 spiro atoms. The van der Waals surface area contributed by atoms with Crippen LogP contribution in [0.5, 0.6) is 0 Å². The molecule has 1 unspecified atom stereocenters. The molecule has 0 aliphatic heterocycles. The number of aryl methyl sites for hydroxylation is 1. The summed E-state index contributed by atoms with van der Waals surface area (Å²) in [6.45, 7) is 2.22. The van der Waals surface area contributed by atoms with Crippen LogP contribution in [0.3, 0.4) is 0 Å². The van der Waals surface area contributed by atoms with Gasteiger partial charge in [-0.15, -0.1) is 0 Å². The van der Waals surface area contributed by atoms with Gasteiger partial charge in [0.1, 0.15) is 5.69 Å². The lowest BCUT2D eigenvalue weighted by Crippen LogP contribution is -2.30. The number of aromatic nitrogens is 1. The summed E-state index contributed by atoms with van der Waals surface area (Å²) in [6, 6.07) is 2.87. The minimum Gasteiger partial charge on any atom is -0.478 e. The summed E-state index contributed by atoms with van der Waals surface area (Å²) in [7, 11) is 0. The van der Waals surface area contributed by atoms with Gasteiger partial charge < -0.3 is 10.4 Å². The van der Waals surface area contributed by atoms with Crippen LogP contribution < -0.4 is 5.32 Å². The van der Waals surface area contributed by atoms with Gasteiger partial charge >= 0.3 is 5.97 Å². The van der Waals surface area contributed by atoms with Crippen LogP contribution in [0.4, 0.5) is 0 Å². The minimum atomic E-state index is -1.03. The number of carbonyl (C=O) groups excluding carboxylic acids is 1. The second kappa shape index (κ2) is 6.32. The molecule has 0 fully saturated rings. The number of allylic oxidation sites excluding steroid dienone is 2. The van der Waals surface area contributed by atoms with Crippen molar-refractivity contribution in [3.05, 3.63) is 41.2 Å². The summed E-state index contributed by atoms with van der Waals surface area (Å²) in [4.78, 5) is 26.9. The lowest BCUT2D eigenvalue weighted by molar-refractivity contribution is 0.0694. The number of carboxylic acid groups (broad SMARTS) is 1. The van der Waals surface area contributed by atoms with Crippen LogP contribution in [-0.4, -0.2) is 28.5 Å². The second-order valence-corrected chi connectivity index (χ2v) is 5.00. The molecule has 0 aromatic carbocycles. The maximum Gasteiger partial charge on any atom is 0.337 e. The molecule has 1 aliphatic rings. The van der Waals surface area contributed by atoms with Gasteiger partial charge in [0.25, 0.3) is 5.91 Å². The van der Waals surface area contributed by atoms with E-state index in [1.807, 2.05) is 0 Å². The predicted molar refractivity (Wildman–Crippen MR) is 74.7 cm³/mol. The quantitative estimate of drug-likeness (QED) is 0.825. The van der Waals surface area contributed by atoms with Crippen LogP contribution in [0.25, 0.3) is 0 Å². The minimum absolute atomic E-state index is 0.124. The fourth-order valence-electron chi connectivity index (χ4n) is 2.28. The first kappa shape index (κ1) is 14.2. The van der Waals surface area contributed by atoms with E-state index in [0.29, 0.717) is 18.2 Å². The van der Waals surface area contributed by atoms with E-state index < -0.39 is 5.97 Å². The van der Waals surface area contributed by atoms with Crippen LogP contribution in [-0.2, 0) is 0 Å². The average Bonchev–Trinajstić information content (AvgIpc) is 2.45. The van der Waals surface area contributed by atoms with Crippen molar-refractivity contribution in [1.82, 2.24) is 10.3 Å². The number of rotatable bonds is 4. The van der Waals surface area contributed by atoms with E-state index in [9.17, 15) is 9.59 Å². The SMILES string of the molecule is Cc1nc(C(=O)NCC2CC=CCC2)ccc1C(=O)O. The first-order valence-corrected chi connectivity index (χ1v) is 6.72. The van der Waals surface area contributed by atoms with Crippen LogP contribution in [0, 0.1) is 12.8 Å². The molecular formula is C15H18N2O3. The Labute approximate surface area is 117 Å². The Kier molecular flexibility index (Phi) is 4.50. The van der Waals surface area contributed by atoms with Gasteiger partial charge in [0, 0.05) is 6.54 Å². The van der Waals surface area contributed by atoms with Crippen molar-refractivity contribution in [2.24, 2.45) is 5.92 Å². The Morgan fingerprint density at radius 1 is 1.40 bits per heavy atom. The monoisotopic (exact) mass is 274 g/mol. The number of hydrogen-bond acceptors (Lipinski definition) is 3. The standard InChI is InChI=1S/C15H18N2O3/c1-10-12(15(19)20)7-8-13(17-10)14(18)16-9-11-5-3-2-4-6-11/h2-3,7-8,11H,4-6,9H2,1H3,(H,16,18)(H,19,20). The van der Waals surface area contributed by atoms with Gasteiger partial charge in [-0.25, -0.2) is 9.78 Å². The largest absolute Gasteiger partial charge is 0.478 e. The Balaban J connectivity index is 1.97. The number of amides is 1. The van der Waals surface area contributed by atoms with Crippen LogP contribution >= 0.6 is 0 Å². The molecule has 1 heterocycles. The van der Waals surface area contributed by atoms with Crippen LogP contribution in [0.1, 0.15) is 45.8 Å². The Bertz CT molecular complexity index is 552. The van der Waals surface area contributed by atoms with Crippen LogP contribution in [0.15, 0.2) is 24.3 Å². The number of carboxylic acids is 1.